The normalized spacial score (nSPS) is 11.2. The van der Waals surface area contributed by atoms with Crippen LogP contribution in [0.4, 0.5) is 8.78 Å². The van der Waals surface area contributed by atoms with Crippen LogP contribution in [0.2, 0.25) is 0 Å². The van der Waals surface area contributed by atoms with Crippen molar-refractivity contribution in [2.24, 2.45) is 0 Å². The molecule has 0 bridgehead atoms. The van der Waals surface area contributed by atoms with Gasteiger partial charge in [-0.25, -0.2) is 18.7 Å². The highest BCUT2D eigenvalue weighted by molar-refractivity contribution is 5.66. The van der Waals surface area contributed by atoms with E-state index in [2.05, 4.69) is 20.2 Å². The van der Waals surface area contributed by atoms with Crippen molar-refractivity contribution in [1.82, 2.24) is 24.9 Å². The van der Waals surface area contributed by atoms with E-state index in [1.807, 2.05) is 12.1 Å². The zero-order valence-corrected chi connectivity index (χ0v) is 18.8. The summed E-state index contributed by atoms with van der Waals surface area (Å²) in [7, 11) is 0. The monoisotopic (exact) mass is 491 g/mol. The summed E-state index contributed by atoms with van der Waals surface area (Å²) in [5, 5.41) is 17.1. The number of carboxylic acid groups (broad SMARTS) is 1. The van der Waals surface area contributed by atoms with Crippen LogP contribution in [0.3, 0.4) is 0 Å². The highest BCUT2D eigenvalue weighted by Gasteiger charge is 2.18. The quantitative estimate of drug-likeness (QED) is 0.296. The number of ether oxygens (including phenoxy) is 1. The first kappa shape index (κ1) is 23.1. The average molecular weight is 491 g/mol. The first-order valence-electron chi connectivity index (χ1n) is 11.0. The van der Waals surface area contributed by atoms with Crippen LogP contribution in [0.25, 0.3) is 34.0 Å². The molecule has 5 rings (SSSR count). The minimum absolute atomic E-state index is 0.0192. The number of benzene rings is 2. The van der Waals surface area contributed by atoms with Crippen molar-refractivity contribution in [3.05, 3.63) is 78.3 Å². The predicted octanol–water partition coefficient (Wildman–Crippen LogP) is 4.67. The number of carboxylic acids is 1. The van der Waals surface area contributed by atoms with Crippen molar-refractivity contribution < 1.29 is 27.9 Å². The van der Waals surface area contributed by atoms with Gasteiger partial charge in [0.25, 0.3) is 0 Å². The first-order valence-corrected chi connectivity index (χ1v) is 11.0. The number of imidazole rings is 1. The molecule has 0 saturated heterocycles. The molecule has 11 heteroatoms. The molecule has 3 heterocycles. The molecule has 0 radical (unpaired) electrons. The molecule has 0 fully saturated rings. The molecule has 0 saturated carbocycles. The molecule has 2 aromatic carbocycles. The van der Waals surface area contributed by atoms with Crippen LogP contribution >= 0.6 is 0 Å². The van der Waals surface area contributed by atoms with Crippen LogP contribution in [0.1, 0.15) is 18.6 Å². The number of halogens is 2. The first-order chi connectivity index (χ1) is 17.5. The number of nitrogens with zero attached hydrogens (tertiary/aromatic N) is 5. The Kier molecular flexibility index (Phi) is 6.35. The van der Waals surface area contributed by atoms with Crippen molar-refractivity contribution in [2.75, 3.05) is 6.61 Å². The summed E-state index contributed by atoms with van der Waals surface area (Å²) in [6.45, 7) is 0.588. The number of rotatable bonds is 9. The zero-order valence-electron chi connectivity index (χ0n) is 18.8. The highest BCUT2D eigenvalue weighted by atomic mass is 19.2. The Balaban J connectivity index is 1.26. The molecule has 0 spiro atoms. The van der Waals surface area contributed by atoms with Crippen LogP contribution < -0.4 is 4.74 Å². The lowest BCUT2D eigenvalue weighted by Gasteiger charge is -2.05. The van der Waals surface area contributed by atoms with Crippen molar-refractivity contribution in [3.8, 4) is 39.8 Å². The van der Waals surface area contributed by atoms with E-state index >= 15 is 0 Å². The van der Waals surface area contributed by atoms with Crippen molar-refractivity contribution >= 4 is 5.97 Å². The van der Waals surface area contributed by atoms with Gasteiger partial charge in [0.2, 0.25) is 0 Å². The third-order valence-electron chi connectivity index (χ3n) is 5.34. The fourth-order valence-electron chi connectivity index (χ4n) is 3.56. The molecule has 0 aliphatic carbocycles. The molecule has 0 atom stereocenters. The highest BCUT2D eigenvalue weighted by Crippen LogP contribution is 2.27. The number of hydrogen-bond donors (Lipinski definition) is 1. The summed E-state index contributed by atoms with van der Waals surface area (Å²) in [5.74, 6) is -1.55. The van der Waals surface area contributed by atoms with E-state index in [-0.39, 0.29) is 24.4 Å². The van der Waals surface area contributed by atoms with E-state index in [1.54, 1.807) is 29.1 Å². The maximum Gasteiger partial charge on any atom is 0.303 e. The Morgan fingerprint density at radius 2 is 1.86 bits per heavy atom. The molecule has 2 aliphatic rings. The second kappa shape index (κ2) is 9.90. The van der Waals surface area contributed by atoms with Gasteiger partial charge < -0.3 is 14.4 Å². The number of hydrogen-bond acceptors (Lipinski definition) is 7. The van der Waals surface area contributed by atoms with Crippen LogP contribution in [-0.4, -0.2) is 42.6 Å². The summed E-state index contributed by atoms with van der Waals surface area (Å²) >= 11 is 0. The summed E-state index contributed by atoms with van der Waals surface area (Å²) in [6, 6.07) is 12.9. The van der Waals surface area contributed by atoms with Crippen molar-refractivity contribution in [2.45, 2.75) is 19.4 Å². The fourth-order valence-corrected chi connectivity index (χ4v) is 3.56. The molecule has 2 aliphatic heterocycles. The lowest BCUT2D eigenvalue weighted by atomic mass is 10.1. The Morgan fingerprint density at radius 1 is 1.06 bits per heavy atom. The van der Waals surface area contributed by atoms with Gasteiger partial charge in [-0.05, 0) is 42.8 Å². The van der Waals surface area contributed by atoms with Crippen LogP contribution in [0.5, 0.6) is 5.75 Å². The standard InChI is InChI=1S/C25H19F2N5O4/c26-19-4-1-3-18(24(19)27)25-29-21-12-28-32(14-22(21)30-25)13-17-11-20(31-36-17)15-6-8-16(9-7-15)35-10-2-5-23(33)34/h1,3-4,6-9,11-12,14H,2,5,10,13H2,(H,33,34). The number of aliphatic carboxylic acids is 1. The molecule has 0 amide bonds. The molecule has 36 heavy (non-hydrogen) atoms. The molecule has 3 aromatic rings. The fraction of sp³-hybridized carbons (Fsp3) is 0.160. The third-order valence-corrected chi connectivity index (χ3v) is 5.34. The molecule has 182 valence electrons. The van der Waals surface area contributed by atoms with Crippen molar-refractivity contribution in [3.63, 3.8) is 0 Å². The largest absolute Gasteiger partial charge is 0.494 e. The number of carbonyl (C=O) groups is 1. The molecule has 9 nitrogen and oxygen atoms in total. The van der Waals surface area contributed by atoms with Gasteiger partial charge in [-0.2, -0.15) is 5.10 Å². The molecule has 0 unspecified atom stereocenters. The van der Waals surface area contributed by atoms with E-state index < -0.39 is 17.6 Å². The van der Waals surface area contributed by atoms with Gasteiger partial charge in [0.1, 0.15) is 29.4 Å². The summed E-state index contributed by atoms with van der Waals surface area (Å²) in [4.78, 5) is 19.1. The van der Waals surface area contributed by atoms with Gasteiger partial charge in [-0.1, -0.05) is 11.2 Å². The minimum atomic E-state index is -0.999. The van der Waals surface area contributed by atoms with Gasteiger partial charge in [-0.3, -0.25) is 9.48 Å². The topological polar surface area (TPSA) is 116 Å². The SMILES string of the molecule is O=C(O)CCCOc1ccc(-c2cc(Cn3cc4nc(-c5cccc(F)c5F)nc-4cn3)on2)cc1. The Hall–Kier alpha value is -4.67. The van der Waals surface area contributed by atoms with Crippen LogP contribution in [-0.2, 0) is 11.3 Å². The Morgan fingerprint density at radius 3 is 2.67 bits per heavy atom. The van der Waals surface area contributed by atoms with E-state index in [0.717, 1.165) is 11.6 Å². The second-order valence-corrected chi connectivity index (χ2v) is 7.94. The van der Waals surface area contributed by atoms with Crippen LogP contribution in [0.15, 0.2) is 65.4 Å². The van der Waals surface area contributed by atoms with Gasteiger partial charge in [0.05, 0.1) is 24.6 Å². The van der Waals surface area contributed by atoms with Gasteiger partial charge in [0.15, 0.2) is 23.2 Å². The Bertz CT molecular complexity index is 1480. The number of aromatic nitrogens is 5. The molecule has 1 N–H and O–H groups in total. The van der Waals surface area contributed by atoms with E-state index in [9.17, 15) is 13.6 Å². The lowest BCUT2D eigenvalue weighted by Crippen LogP contribution is -2.04. The molecular weight excluding hydrogens is 472 g/mol. The smallest absolute Gasteiger partial charge is 0.303 e. The van der Waals surface area contributed by atoms with Gasteiger partial charge in [0, 0.05) is 18.1 Å². The van der Waals surface area contributed by atoms with Gasteiger partial charge in [-0.15, -0.1) is 0 Å². The summed E-state index contributed by atoms with van der Waals surface area (Å²) in [5.41, 5.74) is 2.35. The van der Waals surface area contributed by atoms with E-state index in [0.29, 0.717) is 41.6 Å². The minimum Gasteiger partial charge on any atom is -0.494 e. The summed E-state index contributed by atoms with van der Waals surface area (Å²) in [6.07, 6.45) is 3.63. The maximum absolute atomic E-state index is 14.1. The Labute approximate surface area is 203 Å². The predicted molar refractivity (Wildman–Crippen MR) is 123 cm³/mol. The second-order valence-electron chi connectivity index (χ2n) is 7.94. The molecule has 1 aromatic heterocycles. The summed E-state index contributed by atoms with van der Waals surface area (Å²) < 4.78 is 40.3. The maximum atomic E-state index is 14.1. The number of fused-ring (bicyclic) bond motifs is 1. The lowest BCUT2D eigenvalue weighted by molar-refractivity contribution is -0.137. The van der Waals surface area contributed by atoms with Gasteiger partial charge >= 0.3 is 5.97 Å². The zero-order chi connectivity index (χ0) is 25.1. The average Bonchev–Trinajstić information content (AvgIpc) is 3.51. The van der Waals surface area contributed by atoms with Crippen molar-refractivity contribution in [1.29, 1.82) is 0 Å². The van der Waals surface area contributed by atoms with E-state index in [4.69, 9.17) is 14.4 Å². The van der Waals surface area contributed by atoms with E-state index in [1.165, 1.54) is 18.3 Å². The third kappa shape index (κ3) is 5.04. The van der Waals surface area contributed by atoms with Crippen LogP contribution in [0, 0.1) is 11.6 Å². The molecular formula is C25H19F2N5O4.